The quantitative estimate of drug-likeness (QED) is 0.920. The van der Waals surface area contributed by atoms with E-state index < -0.39 is 0 Å². The van der Waals surface area contributed by atoms with Gasteiger partial charge >= 0.3 is 0 Å². The number of hydrogen-bond acceptors (Lipinski definition) is 3. The van der Waals surface area contributed by atoms with Gasteiger partial charge < -0.3 is 8.98 Å². The fraction of sp³-hybridized carbons (Fsp3) is 0.429. The second kappa shape index (κ2) is 5.30. The highest BCUT2D eigenvalue weighted by atomic mass is 16.3. The molecule has 19 heavy (non-hydrogen) atoms. The molecule has 1 amide bonds. The van der Waals surface area contributed by atoms with Crippen LogP contribution in [0.1, 0.15) is 35.7 Å². The van der Waals surface area contributed by atoms with Gasteiger partial charge in [0, 0.05) is 18.9 Å². The molecular weight excluding hydrogens is 242 g/mol. The van der Waals surface area contributed by atoms with Crippen molar-refractivity contribution in [2.75, 3.05) is 5.32 Å². The smallest absolute Gasteiger partial charge is 0.261 e. The normalized spacial score (nSPS) is 11.0. The van der Waals surface area contributed by atoms with E-state index in [-0.39, 0.29) is 5.91 Å². The molecule has 0 saturated heterocycles. The number of amides is 1. The number of imidazole rings is 1. The number of furan rings is 1. The van der Waals surface area contributed by atoms with Crippen molar-refractivity contribution in [1.82, 2.24) is 9.55 Å². The third-order valence-corrected chi connectivity index (χ3v) is 2.79. The van der Waals surface area contributed by atoms with Gasteiger partial charge in [0.25, 0.3) is 5.91 Å². The van der Waals surface area contributed by atoms with Crippen molar-refractivity contribution in [2.45, 2.75) is 34.2 Å². The maximum Gasteiger partial charge on any atom is 0.261 e. The van der Waals surface area contributed by atoms with E-state index in [0.29, 0.717) is 23.2 Å². The molecule has 0 aliphatic heterocycles. The molecule has 5 heteroatoms. The zero-order valence-electron chi connectivity index (χ0n) is 11.7. The summed E-state index contributed by atoms with van der Waals surface area (Å²) in [4.78, 5) is 16.3. The minimum Gasteiger partial charge on any atom is -0.466 e. The first-order valence-electron chi connectivity index (χ1n) is 6.37. The largest absolute Gasteiger partial charge is 0.466 e. The molecule has 0 atom stereocenters. The van der Waals surface area contributed by atoms with Gasteiger partial charge in [0.1, 0.15) is 11.5 Å². The van der Waals surface area contributed by atoms with Gasteiger partial charge in [0.2, 0.25) is 5.95 Å². The Morgan fingerprint density at radius 3 is 2.79 bits per heavy atom. The van der Waals surface area contributed by atoms with E-state index in [4.69, 9.17) is 4.42 Å². The number of aryl methyl sites for hydroxylation is 2. The number of carbonyl (C=O) groups is 1. The van der Waals surface area contributed by atoms with E-state index >= 15 is 0 Å². The van der Waals surface area contributed by atoms with E-state index in [1.807, 2.05) is 17.7 Å². The average molecular weight is 261 g/mol. The number of rotatable bonds is 4. The maximum atomic E-state index is 12.2. The number of aromatic nitrogens is 2. The lowest BCUT2D eigenvalue weighted by Crippen LogP contribution is -2.17. The van der Waals surface area contributed by atoms with Gasteiger partial charge in [-0.1, -0.05) is 13.8 Å². The molecule has 102 valence electrons. The molecule has 5 nitrogen and oxygen atoms in total. The van der Waals surface area contributed by atoms with Gasteiger partial charge in [-0.3, -0.25) is 10.1 Å². The Bertz CT molecular complexity index is 581. The first-order valence-corrected chi connectivity index (χ1v) is 6.37. The van der Waals surface area contributed by atoms with Crippen LogP contribution in [-0.2, 0) is 6.54 Å². The number of nitrogens with zero attached hydrogens (tertiary/aromatic N) is 2. The highest BCUT2D eigenvalue weighted by molar-refractivity contribution is 6.04. The number of nitrogens with one attached hydrogen (secondary N) is 1. The minimum absolute atomic E-state index is 0.189. The van der Waals surface area contributed by atoms with E-state index in [1.165, 1.54) is 0 Å². The SMILES string of the molecule is Cc1cc(C(=O)Nc2nccn2CC(C)C)c(C)o1. The summed E-state index contributed by atoms with van der Waals surface area (Å²) in [5.41, 5.74) is 0.552. The van der Waals surface area contributed by atoms with Crippen molar-refractivity contribution in [2.24, 2.45) is 5.92 Å². The van der Waals surface area contributed by atoms with Gasteiger partial charge in [-0.15, -0.1) is 0 Å². The monoisotopic (exact) mass is 261 g/mol. The molecule has 0 bridgehead atoms. The van der Waals surface area contributed by atoms with E-state index in [0.717, 1.165) is 12.3 Å². The minimum atomic E-state index is -0.189. The van der Waals surface area contributed by atoms with Crippen LogP contribution in [0.15, 0.2) is 22.9 Å². The predicted molar refractivity (Wildman–Crippen MR) is 73.2 cm³/mol. The summed E-state index contributed by atoms with van der Waals surface area (Å²) in [6.07, 6.45) is 3.55. The fourth-order valence-electron chi connectivity index (χ4n) is 2.00. The molecule has 0 unspecified atom stereocenters. The van der Waals surface area contributed by atoms with Crippen LogP contribution >= 0.6 is 0 Å². The topological polar surface area (TPSA) is 60.1 Å². The van der Waals surface area contributed by atoms with Crippen molar-refractivity contribution >= 4 is 11.9 Å². The molecule has 2 aromatic heterocycles. The number of carbonyl (C=O) groups excluding carboxylic acids is 1. The zero-order valence-corrected chi connectivity index (χ0v) is 11.7. The summed E-state index contributed by atoms with van der Waals surface area (Å²) in [7, 11) is 0. The van der Waals surface area contributed by atoms with Crippen molar-refractivity contribution < 1.29 is 9.21 Å². The van der Waals surface area contributed by atoms with Crippen LogP contribution in [0, 0.1) is 19.8 Å². The van der Waals surface area contributed by atoms with Crippen LogP contribution in [-0.4, -0.2) is 15.5 Å². The molecule has 0 saturated carbocycles. The first kappa shape index (κ1) is 13.4. The first-order chi connectivity index (χ1) is 8.97. The van der Waals surface area contributed by atoms with Gasteiger partial charge in [-0.2, -0.15) is 0 Å². The summed E-state index contributed by atoms with van der Waals surface area (Å²) in [5, 5.41) is 2.82. The Labute approximate surface area is 112 Å². The molecule has 0 aromatic carbocycles. The summed E-state index contributed by atoms with van der Waals surface area (Å²) in [5.74, 6) is 2.22. The van der Waals surface area contributed by atoms with Crippen LogP contribution < -0.4 is 5.32 Å². The summed E-state index contributed by atoms with van der Waals surface area (Å²) < 4.78 is 7.30. The molecule has 0 radical (unpaired) electrons. The highest BCUT2D eigenvalue weighted by Gasteiger charge is 2.15. The lowest BCUT2D eigenvalue weighted by molar-refractivity contribution is 0.102. The van der Waals surface area contributed by atoms with Crippen molar-refractivity contribution in [3.63, 3.8) is 0 Å². The van der Waals surface area contributed by atoms with E-state index in [2.05, 4.69) is 24.1 Å². The van der Waals surface area contributed by atoms with E-state index in [1.54, 1.807) is 19.2 Å². The number of anilines is 1. The van der Waals surface area contributed by atoms with Gasteiger partial charge in [0.15, 0.2) is 0 Å². The molecule has 0 aliphatic carbocycles. The Hall–Kier alpha value is -2.04. The standard InChI is InChI=1S/C14H19N3O2/c1-9(2)8-17-6-5-15-14(17)16-13(18)12-7-10(3)19-11(12)4/h5-7,9H,8H2,1-4H3,(H,15,16,18). The van der Waals surface area contributed by atoms with E-state index in [9.17, 15) is 4.79 Å². The second-order valence-corrected chi connectivity index (χ2v) is 5.08. The molecule has 0 spiro atoms. The second-order valence-electron chi connectivity index (χ2n) is 5.08. The van der Waals surface area contributed by atoms with Crippen LogP contribution in [0.25, 0.3) is 0 Å². The van der Waals surface area contributed by atoms with Crippen LogP contribution in [0.4, 0.5) is 5.95 Å². The lowest BCUT2D eigenvalue weighted by Gasteiger charge is -2.10. The fourth-order valence-corrected chi connectivity index (χ4v) is 2.00. The Morgan fingerprint density at radius 1 is 1.47 bits per heavy atom. The Balaban J connectivity index is 2.15. The molecule has 2 heterocycles. The molecular formula is C14H19N3O2. The average Bonchev–Trinajstić information content (AvgIpc) is 2.85. The van der Waals surface area contributed by atoms with Crippen LogP contribution in [0.2, 0.25) is 0 Å². The Kier molecular flexibility index (Phi) is 3.74. The molecule has 1 N–H and O–H groups in total. The van der Waals surface area contributed by atoms with Crippen molar-refractivity contribution in [3.05, 3.63) is 35.5 Å². The third-order valence-electron chi connectivity index (χ3n) is 2.79. The Morgan fingerprint density at radius 2 is 2.21 bits per heavy atom. The third kappa shape index (κ3) is 3.05. The van der Waals surface area contributed by atoms with Crippen molar-refractivity contribution in [1.29, 1.82) is 0 Å². The maximum absolute atomic E-state index is 12.2. The molecule has 0 aliphatic rings. The molecule has 2 rings (SSSR count). The van der Waals surface area contributed by atoms with Crippen molar-refractivity contribution in [3.8, 4) is 0 Å². The molecule has 0 fully saturated rings. The summed E-state index contributed by atoms with van der Waals surface area (Å²) in [6.45, 7) is 8.66. The lowest BCUT2D eigenvalue weighted by atomic mass is 10.2. The highest BCUT2D eigenvalue weighted by Crippen LogP contribution is 2.16. The van der Waals surface area contributed by atoms with Gasteiger partial charge in [-0.25, -0.2) is 4.98 Å². The summed E-state index contributed by atoms with van der Waals surface area (Å²) in [6, 6.07) is 1.74. The van der Waals surface area contributed by atoms with Gasteiger partial charge in [0.05, 0.1) is 5.56 Å². The van der Waals surface area contributed by atoms with Crippen LogP contribution in [0.5, 0.6) is 0 Å². The van der Waals surface area contributed by atoms with Crippen LogP contribution in [0.3, 0.4) is 0 Å². The summed E-state index contributed by atoms with van der Waals surface area (Å²) >= 11 is 0. The zero-order chi connectivity index (χ0) is 14.0. The molecule has 2 aromatic rings. The number of hydrogen-bond donors (Lipinski definition) is 1. The van der Waals surface area contributed by atoms with Gasteiger partial charge in [-0.05, 0) is 25.8 Å². The predicted octanol–water partition coefficient (Wildman–Crippen LogP) is 3.00.